The van der Waals surface area contributed by atoms with Gasteiger partial charge in [-0.3, -0.25) is 0 Å². The van der Waals surface area contributed by atoms with Crippen LogP contribution in [0.3, 0.4) is 0 Å². The van der Waals surface area contributed by atoms with E-state index in [9.17, 15) is 9.50 Å². The Balaban J connectivity index is 2.16. The minimum atomic E-state index is -0.690. The predicted molar refractivity (Wildman–Crippen MR) is 67.7 cm³/mol. The molecule has 1 fully saturated rings. The third-order valence-electron chi connectivity index (χ3n) is 3.61. The second kappa shape index (κ2) is 4.25. The Morgan fingerprint density at radius 2 is 2.06 bits per heavy atom. The average Bonchev–Trinajstić information content (AvgIpc) is 2.46. The fraction of sp³-hybridized carbons (Fsp3) is 0.571. The number of halogens is 2. The highest BCUT2D eigenvalue weighted by Crippen LogP contribution is 2.45. The Morgan fingerprint density at radius 1 is 1.35 bits per heavy atom. The van der Waals surface area contributed by atoms with Gasteiger partial charge in [0.1, 0.15) is 5.82 Å². The number of hydrogen-bond donors (Lipinski definition) is 1. The summed E-state index contributed by atoms with van der Waals surface area (Å²) in [7, 11) is 0. The van der Waals surface area contributed by atoms with Crippen molar-refractivity contribution in [2.75, 3.05) is 0 Å². The number of aliphatic hydroxyl groups is 1. The summed E-state index contributed by atoms with van der Waals surface area (Å²) in [5.41, 5.74) is 0.319. The van der Waals surface area contributed by atoms with Crippen LogP contribution in [-0.4, -0.2) is 10.7 Å². The Kier molecular flexibility index (Phi) is 3.21. The summed E-state index contributed by atoms with van der Waals surface area (Å²) in [6.45, 7) is 4.33. The molecule has 0 saturated heterocycles. The summed E-state index contributed by atoms with van der Waals surface area (Å²) in [6.07, 6.45) is 3.08. The van der Waals surface area contributed by atoms with Gasteiger partial charge < -0.3 is 5.11 Å². The van der Waals surface area contributed by atoms with Gasteiger partial charge in [0.2, 0.25) is 0 Å². The Hall–Kier alpha value is -0.600. The van der Waals surface area contributed by atoms with Crippen LogP contribution >= 0.6 is 11.6 Å². The summed E-state index contributed by atoms with van der Waals surface area (Å²) < 4.78 is 12.9. The minimum Gasteiger partial charge on any atom is -0.390 e. The SMILES string of the molecule is CC1(C)CCC(O)(Cc2ccc(F)cc2Cl)C1. The molecule has 0 spiro atoms. The first-order valence-corrected chi connectivity index (χ1v) is 6.34. The van der Waals surface area contributed by atoms with E-state index in [4.69, 9.17) is 11.6 Å². The molecule has 1 aromatic rings. The van der Waals surface area contributed by atoms with E-state index in [2.05, 4.69) is 13.8 Å². The smallest absolute Gasteiger partial charge is 0.124 e. The fourth-order valence-corrected chi connectivity index (χ4v) is 3.04. The molecule has 1 atom stereocenters. The Morgan fingerprint density at radius 3 is 2.59 bits per heavy atom. The van der Waals surface area contributed by atoms with E-state index >= 15 is 0 Å². The van der Waals surface area contributed by atoms with E-state index in [-0.39, 0.29) is 11.2 Å². The molecule has 1 aliphatic rings. The minimum absolute atomic E-state index is 0.182. The maximum Gasteiger partial charge on any atom is 0.124 e. The molecule has 1 aromatic carbocycles. The molecule has 0 aromatic heterocycles. The van der Waals surface area contributed by atoms with Crippen molar-refractivity contribution in [1.82, 2.24) is 0 Å². The van der Waals surface area contributed by atoms with Crippen LogP contribution in [0.2, 0.25) is 5.02 Å². The molecule has 1 unspecified atom stereocenters. The van der Waals surface area contributed by atoms with Gasteiger partial charge in [-0.1, -0.05) is 31.5 Å². The zero-order valence-electron chi connectivity index (χ0n) is 10.3. The number of hydrogen-bond acceptors (Lipinski definition) is 1. The molecule has 0 bridgehead atoms. The molecule has 1 saturated carbocycles. The summed E-state index contributed by atoms with van der Waals surface area (Å²) in [5.74, 6) is -0.336. The molecule has 0 amide bonds. The van der Waals surface area contributed by atoms with Gasteiger partial charge >= 0.3 is 0 Å². The van der Waals surface area contributed by atoms with Crippen molar-refractivity contribution in [3.05, 3.63) is 34.6 Å². The van der Waals surface area contributed by atoms with E-state index in [0.29, 0.717) is 11.4 Å². The first-order valence-electron chi connectivity index (χ1n) is 5.96. The van der Waals surface area contributed by atoms with Crippen LogP contribution in [-0.2, 0) is 6.42 Å². The Labute approximate surface area is 107 Å². The van der Waals surface area contributed by atoms with Crippen LogP contribution in [0.15, 0.2) is 18.2 Å². The molecule has 3 heteroatoms. The van der Waals surface area contributed by atoms with E-state index in [0.717, 1.165) is 24.8 Å². The summed E-state index contributed by atoms with van der Waals surface area (Å²) in [6, 6.07) is 4.37. The number of benzene rings is 1. The van der Waals surface area contributed by atoms with Crippen molar-refractivity contribution in [1.29, 1.82) is 0 Å². The second-order valence-corrected chi connectivity index (χ2v) is 6.39. The summed E-state index contributed by atoms with van der Waals surface area (Å²) in [5, 5.41) is 10.9. The topological polar surface area (TPSA) is 20.2 Å². The van der Waals surface area contributed by atoms with E-state index in [1.165, 1.54) is 12.1 Å². The maximum atomic E-state index is 12.9. The van der Waals surface area contributed by atoms with Gasteiger partial charge in [-0.25, -0.2) is 4.39 Å². The van der Waals surface area contributed by atoms with E-state index in [1.54, 1.807) is 6.07 Å². The van der Waals surface area contributed by atoms with Crippen molar-refractivity contribution in [3.63, 3.8) is 0 Å². The third-order valence-corrected chi connectivity index (χ3v) is 3.96. The first kappa shape index (κ1) is 12.8. The first-order chi connectivity index (χ1) is 7.80. The molecule has 94 valence electrons. The lowest BCUT2D eigenvalue weighted by Gasteiger charge is -2.25. The average molecular weight is 257 g/mol. The summed E-state index contributed by atoms with van der Waals surface area (Å²) in [4.78, 5) is 0. The van der Waals surface area contributed by atoms with Gasteiger partial charge in [0.15, 0.2) is 0 Å². The monoisotopic (exact) mass is 256 g/mol. The number of rotatable bonds is 2. The molecule has 1 nitrogen and oxygen atoms in total. The summed E-state index contributed by atoms with van der Waals surface area (Å²) >= 11 is 5.99. The van der Waals surface area contributed by atoms with Crippen LogP contribution < -0.4 is 0 Å². The van der Waals surface area contributed by atoms with E-state index < -0.39 is 5.60 Å². The van der Waals surface area contributed by atoms with Crippen LogP contribution in [0.4, 0.5) is 4.39 Å². The molecular formula is C14H18ClFO. The van der Waals surface area contributed by atoms with Gasteiger partial charge in [0.05, 0.1) is 5.60 Å². The molecule has 0 aliphatic heterocycles. The molecular weight excluding hydrogens is 239 g/mol. The molecule has 2 rings (SSSR count). The standard InChI is InChI=1S/C14H18ClFO/c1-13(2)5-6-14(17,9-13)8-10-3-4-11(16)7-12(10)15/h3-4,7,17H,5-6,8-9H2,1-2H3. The molecule has 1 aliphatic carbocycles. The highest BCUT2D eigenvalue weighted by Gasteiger charge is 2.41. The third kappa shape index (κ3) is 2.99. The maximum absolute atomic E-state index is 12.9. The van der Waals surface area contributed by atoms with Crippen LogP contribution in [0.1, 0.15) is 38.7 Å². The van der Waals surface area contributed by atoms with Gasteiger partial charge in [0, 0.05) is 11.4 Å². The van der Waals surface area contributed by atoms with Crippen LogP contribution in [0.5, 0.6) is 0 Å². The molecule has 0 heterocycles. The molecule has 1 N–H and O–H groups in total. The van der Waals surface area contributed by atoms with Gasteiger partial charge in [-0.2, -0.15) is 0 Å². The lowest BCUT2D eigenvalue weighted by molar-refractivity contribution is 0.0379. The van der Waals surface area contributed by atoms with Crippen molar-refractivity contribution >= 4 is 11.6 Å². The van der Waals surface area contributed by atoms with Gasteiger partial charge in [-0.15, -0.1) is 0 Å². The predicted octanol–water partition coefficient (Wildman–Crippen LogP) is 3.96. The Bertz CT molecular complexity index is 430. The lowest BCUT2D eigenvalue weighted by atomic mass is 9.86. The van der Waals surface area contributed by atoms with Crippen molar-refractivity contribution in [2.24, 2.45) is 5.41 Å². The van der Waals surface area contributed by atoms with Crippen LogP contribution in [0.25, 0.3) is 0 Å². The van der Waals surface area contributed by atoms with Crippen molar-refractivity contribution in [3.8, 4) is 0 Å². The lowest BCUT2D eigenvalue weighted by Crippen LogP contribution is -2.29. The zero-order chi connectivity index (χ0) is 12.7. The van der Waals surface area contributed by atoms with Gasteiger partial charge in [0.25, 0.3) is 0 Å². The van der Waals surface area contributed by atoms with Gasteiger partial charge in [-0.05, 0) is 42.4 Å². The molecule has 17 heavy (non-hydrogen) atoms. The highest BCUT2D eigenvalue weighted by atomic mass is 35.5. The molecule has 0 radical (unpaired) electrons. The normalized spacial score (nSPS) is 27.4. The quantitative estimate of drug-likeness (QED) is 0.849. The van der Waals surface area contributed by atoms with Crippen LogP contribution in [0, 0.1) is 11.2 Å². The van der Waals surface area contributed by atoms with Crippen molar-refractivity contribution < 1.29 is 9.50 Å². The highest BCUT2D eigenvalue weighted by molar-refractivity contribution is 6.31. The second-order valence-electron chi connectivity index (χ2n) is 5.98. The largest absolute Gasteiger partial charge is 0.390 e. The van der Waals surface area contributed by atoms with E-state index in [1.807, 2.05) is 0 Å². The zero-order valence-corrected chi connectivity index (χ0v) is 11.0. The van der Waals surface area contributed by atoms with Crippen molar-refractivity contribution in [2.45, 2.75) is 45.1 Å². The fourth-order valence-electron chi connectivity index (χ4n) is 2.81.